The van der Waals surface area contributed by atoms with Gasteiger partial charge in [-0.15, -0.1) is 0 Å². The van der Waals surface area contributed by atoms with Crippen molar-refractivity contribution in [2.45, 2.75) is 19.1 Å². The summed E-state index contributed by atoms with van der Waals surface area (Å²) in [5, 5.41) is 18.3. The maximum absolute atomic E-state index is 13.2. The van der Waals surface area contributed by atoms with Crippen molar-refractivity contribution in [2.24, 2.45) is 0 Å². The van der Waals surface area contributed by atoms with E-state index in [4.69, 9.17) is 0 Å². The number of aliphatic hydroxyl groups excluding tert-OH is 1. The quantitative estimate of drug-likeness (QED) is 0.729. The maximum atomic E-state index is 13.2. The Morgan fingerprint density at radius 3 is 2.48 bits per heavy atom. The van der Waals surface area contributed by atoms with Gasteiger partial charge in [0.25, 0.3) is 0 Å². The van der Waals surface area contributed by atoms with Gasteiger partial charge in [-0.25, -0.2) is 18.0 Å². The number of urea groups is 1. The minimum absolute atomic E-state index is 0.0125. The zero-order valence-corrected chi connectivity index (χ0v) is 13.0. The van der Waals surface area contributed by atoms with Crippen LogP contribution in [0.3, 0.4) is 0 Å². The Morgan fingerprint density at radius 1 is 1.26 bits per heavy atom. The average molecular weight is 344 g/mol. The van der Waals surface area contributed by atoms with E-state index in [0.717, 1.165) is 12.1 Å². The molecule has 3 N–H and O–H groups in total. The molecule has 124 valence electrons. The highest BCUT2D eigenvalue weighted by Crippen LogP contribution is 2.19. The number of halogens is 3. The monoisotopic (exact) mass is 344 g/mol. The van der Waals surface area contributed by atoms with Crippen LogP contribution in [0.4, 0.5) is 18.0 Å². The molecule has 0 bridgehead atoms. The van der Waals surface area contributed by atoms with E-state index in [0.29, 0.717) is 5.56 Å². The molecule has 0 aliphatic carbocycles. The highest BCUT2D eigenvalue weighted by molar-refractivity contribution is 7.07. The van der Waals surface area contributed by atoms with Gasteiger partial charge in [0.2, 0.25) is 0 Å². The van der Waals surface area contributed by atoms with Crippen LogP contribution in [-0.4, -0.2) is 17.7 Å². The topological polar surface area (TPSA) is 61.4 Å². The predicted octanol–water partition coefficient (Wildman–Crippen LogP) is 3.26. The average Bonchev–Trinajstić information content (AvgIpc) is 3.04. The number of carbonyl (C=O) groups is 1. The van der Waals surface area contributed by atoms with Crippen LogP contribution in [0.25, 0.3) is 0 Å². The minimum Gasteiger partial charge on any atom is -0.387 e. The molecule has 0 aliphatic heterocycles. The number of carbonyl (C=O) groups excluding carboxylic acids is 1. The number of nitrogens with one attached hydrogen (secondary N) is 2. The number of aliphatic hydroxyl groups is 1. The van der Waals surface area contributed by atoms with Crippen LogP contribution in [0.15, 0.2) is 29.0 Å². The first-order valence-corrected chi connectivity index (χ1v) is 7.71. The van der Waals surface area contributed by atoms with Crippen molar-refractivity contribution in [1.82, 2.24) is 10.6 Å². The second-order valence-corrected chi connectivity index (χ2v) is 5.73. The molecule has 1 aromatic heterocycles. The highest BCUT2D eigenvalue weighted by Gasteiger charge is 2.16. The van der Waals surface area contributed by atoms with E-state index in [2.05, 4.69) is 10.6 Å². The third-order valence-corrected chi connectivity index (χ3v) is 3.94. The normalized spacial score (nSPS) is 13.4. The molecule has 1 aromatic carbocycles. The van der Waals surface area contributed by atoms with Gasteiger partial charge in [-0.05, 0) is 47.0 Å². The third-order valence-electron chi connectivity index (χ3n) is 3.24. The lowest BCUT2D eigenvalue weighted by Crippen LogP contribution is -2.39. The van der Waals surface area contributed by atoms with Crippen LogP contribution in [0.5, 0.6) is 0 Å². The van der Waals surface area contributed by atoms with Crippen LogP contribution in [0.2, 0.25) is 0 Å². The highest BCUT2D eigenvalue weighted by atomic mass is 32.1. The summed E-state index contributed by atoms with van der Waals surface area (Å²) in [4.78, 5) is 11.7. The SMILES string of the molecule is C[C@H](NC(=O)NC[C@H](O)c1ccsc1)c1cc(F)c(F)c(F)c1. The molecule has 4 nitrogen and oxygen atoms in total. The maximum Gasteiger partial charge on any atom is 0.315 e. The van der Waals surface area contributed by atoms with Gasteiger partial charge >= 0.3 is 6.03 Å². The molecule has 2 atom stereocenters. The molecule has 0 spiro atoms. The molecule has 0 radical (unpaired) electrons. The Kier molecular flexibility index (Phi) is 5.62. The van der Waals surface area contributed by atoms with Gasteiger partial charge in [0, 0.05) is 6.54 Å². The fraction of sp³-hybridized carbons (Fsp3) is 0.267. The number of hydrogen-bond donors (Lipinski definition) is 3. The lowest BCUT2D eigenvalue weighted by Gasteiger charge is -2.17. The van der Waals surface area contributed by atoms with Crippen molar-refractivity contribution in [3.63, 3.8) is 0 Å². The molecular formula is C15H15F3N2O2S. The first kappa shape index (κ1) is 17.3. The Bertz CT molecular complexity index is 656. The molecule has 2 aromatic rings. The summed E-state index contributed by atoms with van der Waals surface area (Å²) < 4.78 is 39.3. The van der Waals surface area contributed by atoms with E-state index < -0.39 is 35.6 Å². The number of thiophene rings is 1. The van der Waals surface area contributed by atoms with Gasteiger partial charge in [-0.3, -0.25) is 0 Å². The van der Waals surface area contributed by atoms with E-state index in [-0.39, 0.29) is 12.1 Å². The summed E-state index contributed by atoms with van der Waals surface area (Å²) in [5.41, 5.74) is 0.779. The summed E-state index contributed by atoms with van der Waals surface area (Å²) in [7, 11) is 0. The van der Waals surface area contributed by atoms with Gasteiger partial charge in [0.05, 0.1) is 12.1 Å². The molecule has 0 saturated carbocycles. The van der Waals surface area contributed by atoms with Crippen LogP contribution in [0.1, 0.15) is 30.2 Å². The van der Waals surface area contributed by atoms with Crippen LogP contribution in [-0.2, 0) is 0 Å². The number of amides is 2. The fourth-order valence-corrected chi connectivity index (χ4v) is 2.64. The molecule has 2 amide bonds. The lowest BCUT2D eigenvalue weighted by atomic mass is 10.1. The predicted molar refractivity (Wildman–Crippen MR) is 80.5 cm³/mol. The van der Waals surface area contributed by atoms with Crippen molar-refractivity contribution in [3.05, 3.63) is 57.5 Å². The Labute approximate surface area is 135 Å². The molecule has 0 saturated heterocycles. The van der Waals surface area contributed by atoms with Gasteiger partial charge in [-0.1, -0.05) is 0 Å². The first-order chi connectivity index (χ1) is 10.9. The molecular weight excluding hydrogens is 329 g/mol. The second-order valence-electron chi connectivity index (χ2n) is 4.95. The van der Waals surface area contributed by atoms with E-state index >= 15 is 0 Å². The van der Waals surface area contributed by atoms with Crippen LogP contribution >= 0.6 is 11.3 Å². The lowest BCUT2D eigenvalue weighted by molar-refractivity contribution is 0.173. The van der Waals surface area contributed by atoms with E-state index in [1.807, 2.05) is 0 Å². The largest absolute Gasteiger partial charge is 0.387 e. The number of benzene rings is 1. The second kappa shape index (κ2) is 7.47. The van der Waals surface area contributed by atoms with E-state index in [1.54, 1.807) is 16.8 Å². The summed E-state index contributed by atoms with van der Waals surface area (Å²) in [6.45, 7) is 1.49. The molecule has 23 heavy (non-hydrogen) atoms. The summed E-state index contributed by atoms with van der Waals surface area (Å²) in [5.74, 6) is -4.19. The molecule has 0 aliphatic rings. The summed E-state index contributed by atoms with van der Waals surface area (Å²) in [6, 6.07) is 2.03. The van der Waals surface area contributed by atoms with Crippen molar-refractivity contribution in [1.29, 1.82) is 0 Å². The third kappa shape index (κ3) is 4.46. The van der Waals surface area contributed by atoms with E-state index in [9.17, 15) is 23.1 Å². The smallest absolute Gasteiger partial charge is 0.315 e. The van der Waals surface area contributed by atoms with Gasteiger partial charge in [-0.2, -0.15) is 11.3 Å². The van der Waals surface area contributed by atoms with Crippen molar-refractivity contribution >= 4 is 17.4 Å². The van der Waals surface area contributed by atoms with Crippen molar-refractivity contribution in [3.8, 4) is 0 Å². The van der Waals surface area contributed by atoms with Gasteiger partial charge in [0.1, 0.15) is 0 Å². The molecule has 0 unspecified atom stereocenters. The first-order valence-electron chi connectivity index (χ1n) is 6.77. The Morgan fingerprint density at radius 2 is 1.91 bits per heavy atom. The fourth-order valence-electron chi connectivity index (χ4n) is 1.93. The van der Waals surface area contributed by atoms with E-state index in [1.165, 1.54) is 18.3 Å². The molecule has 0 fully saturated rings. The molecule has 2 rings (SSSR count). The van der Waals surface area contributed by atoms with Crippen molar-refractivity contribution < 1.29 is 23.1 Å². The van der Waals surface area contributed by atoms with Gasteiger partial charge in [0.15, 0.2) is 17.5 Å². The Hall–Kier alpha value is -2.06. The zero-order valence-electron chi connectivity index (χ0n) is 12.1. The minimum atomic E-state index is -1.55. The number of rotatable bonds is 5. The number of hydrogen-bond acceptors (Lipinski definition) is 3. The van der Waals surface area contributed by atoms with Crippen LogP contribution in [0, 0.1) is 17.5 Å². The summed E-state index contributed by atoms with van der Waals surface area (Å²) >= 11 is 1.42. The molecule has 1 heterocycles. The van der Waals surface area contributed by atoms with Crippen LogP contribution < -0.4 is 10.6 Å². The Balaban J connectivity index is 1.90. The molecule has 8 heteroatoms. The van der Waals surface area contributed by atoms with Crippen molar-refractivity contribution in [2.75, 3.05) is 6.54 Å². The summed E-state index contributed by atoms with van der Waals surface area (Å²) in [6.07, 6.45) is -0.844. The zero-order chi connectivity index (χ0) is 17.0. The standard InChI is InChI=1S/C15H15F3N2O2S/c1-8(10-4-11(16)14(18)12(17)5-10)20-15(22)19-6-13(21)9-2-3-23-7-9/h2-5,7-8,13,21H,6H2,1H3,(H2,19,20,22)/t8-,13-/m0/s1. The van der Waals surface area contributed by atoms with Gasteiger partial charge < -0.3 is 15.7 Å².